The van der Waals surface area contributed by atoms with Crippen molar-refractivity contribution in [2.24, 2.45) is 0 Å². The van der Waals surface area contributed by atoms with Crippen LogP contribution < -0.4 is 0 Å². The number of esters is 1. The van der Waals surface area contributed by atoms with Crippen LogP contribution in [0.4, 0.5) is 26.3 Å². The number of carbonyl (C=O) groups excluding carboxylic acids is 1. The van der Waals surface area contributed by atoms with E-state index >= 15 is 0 Å². The molecule has 0 heterocycles. The zero-order valence-electron chi connectivity index (χ0n) is 7.37. The Kier molecular flexibility index (Phi) is 4.17. The number of hydrogen-bond donors (Lipinski definition) is 0. The molecule has 0 aliphatic carbocycles. The van der Waals surface area contributed by atoms with E-state index in [-0.39, 0.29) is 0 Å². The molecule has 2 nitrogen and oxygen atoms in total. The molecule has 15 heavy (non-hydrogen) atoms. The van der Waals surface area contributed by atoms with Crippen LogP contribution in [0.1, 0.15) is 6.92 Å². The van der Waals surface area contributed by atoms with Crippen molar-refractivity contribution < 1.29 is 35.9 Å². The Morgan fingerprint density at radius 2 is 1.73 bits per heavy atom. The topological polar surface area (TPSA) is 26.3 Å². The van der Waals surface area contributed by atoms with Gasteiger partial charge in [0.25, 0.3) is 0 Å². The summed E-state index contributed by atoms with van der Waals surface area (Å²) >= 11 is 0. The van der Waals surface area contributed by atoms with E-state index in [0.717, 1.165) is 0 Å². The van der Waals surface area contributed by atoms with E-state index in [1.165, 1.54) is 0 Å². The van der Waals surface area contributed by atoms with Gasteiger partial charge in [0.15, 0.2) is 6.67 Å². The van der Waals surface area contributed by atoms with Crippen LogP contribution in [0.25, 0.3) is 0 Å². The first-order valence-electron chi connectivity index (χ1n) is 3.51. The van der Waals surface area contributed by atoms with Crippen molar-refractivity contribution in [2.45, 2.75) is 19.2 Å². The van der Waals surface area contributed by atoms with Gasteiger partial charge in [-0.05, 0) is 6.92 Å². The third-order valence-electron chi connectivity index (χ3n) is 1.10. The molecule has 0 aromatic carbocycles. The maximum atomic E-state index is 12.1. The standard InChI is InChI=1S/C7H6F6O2/c1-4(2-6(9,10)11)5(14)15-7(12,13)3-8/h2H,3H2,1H3/b4-2+. The van der Waals surface area contributed by atoms with Crippen molar-refractivity contribution >= 4 is 5.97 Å². The zero-order chi connectivity index (χ0) is 12.3. The average molecular weight is 236 g/mol. The van der Waals surface area contributed by atoms with Crippen LogP contribution in [0.3, 0.4) is 0 Å². The van der Waals surface area contributed by atoms with Crippen LogP contribution in [0, 0.1) is 0 Å². The molecule has 88 valence electrons. The van der Waals surface area contributed by atoms with Gasteiger partial charge in [-0.1, -0.05) is 0 Å². The number of allylic oxidation sites excluding steroid dienone is 1. The molecule has 0 rings (SSSR count). The monoisotopic (exact) mass is 236 g/mol. The highest BCUT2D eigenvalue weighted by molar-refractivity contribution is 5.88. The third kappa shape index (κ3) is 5.97. The number of carbonyl (C=O) groups is 1. The summed E-state index contributed by atoms with van der Waals surface area (Å²) in [7, 11) is 0. The smallest absolute Gasteiger partial charge is 0.395 e. The van der Waals surface area contributed by atoms with Gasteiger partial charge in [-0.2, -0.15) is 22.0 Å². The largest absolute Gasteiger partial charge is 0.429 e. The fourth-order valence-electron chi connectivity index (χ4n) is 0.548. The summed E-state index contributed by atoms with van der Waals surface area (Å²) in [4.78, 5) is 10.6. The molecular formula is C7H6F6O2. The summed E-state index contributed by atoms with van der Waals surface area (Å²) in [6, 6.07) is 0. The van der Waals surface area contributed by atoms with Crippen molar-refractivity contribution in [3.05, 3.63) is 11.6 Å². The van der Waals surface area contributed by atoms with E-state index in [4.69, 9.17) is 0 Å². The van der Waals surface area contributed by atoms with E-state index in [1.807, 2.05) is 0 Å². The van der Waals surface area contributed by atoms with Crippen molar-refractivity contribution in [2.75, 3.05) is 6.67 Å². The summed E-state index contributed by atoms with van der Waals surface area (Å²) in [5.41, 5.74) is -1.09. The van der Waals surface area contributed by atoms with Gasteiger partial charge in [-0.25, -0.2) is 9.18 Å². The molecule has 0 radical (unpaired) electrons. The van der Waals surface area contributed by atoms with Gasteiger partial charge in [0.05, 0.1) is 0 Å². The summed E-state index contributed by atoms with van der Waals surface area (Å²) in [5.74, 6) is -1.92. The summed E-state index contributed by atoms with van der Waals surface area (Å²) < 4.78 is 73.7. The van der Waals surface area contributed by atoms with Gasteiger partial charge in [0.1, 0.15) is 0 Å². The summed E-state index contributed by atoms with van der Waals surface area (Å²) in [6.07, 6.45) is -9.74. The Bertz CT molecular complexity index is 267. The van der Waals surface area contributed by atoms with E-state index in [1.54, 1.807) is 0 Å². The molecule has 0 aliphatic heterocycles. The fraction of sp³-hybridized carbons (Fsp3) is 0.571. The molecule has 0 saturated heterocycles. The second-order valence-electron chi connectivity index (χ2n) is 2.53. The van der Waals surface area contributed by atoms with E-state index in [2.05, 4.69) is 4.74 Å². The number of rotatable bonds is 3. The first-order chi connectivity index (χ1) is 6.57. The highest BCUT2D eigenvalue weighted by Crippen LogP contribution is 2.22. The predicted molar refractivity (Wildman–Crippen MR) is 36.8 cm³/mol. The molecule has 0 amide bonds. The normalized spacial score (nSPS) is 13.9. The molecule has 0 aliphatic rings. The predicted octanol–water partition coefficient (Wildman–Crippen LogP) is 2.60. The zero-order valence-corrected chi connectivity index (χ0v) is 7.37. The molecule has 0 bridgehead atoms. The Labute approximate surface area is 80.5 Å². The minimum absolute atomic E-state index is 0.510. The SMILES string of the molecule is C/C(=C\C(F)(F)F)C(=O)OC(F)(F)CF. The molecule has 0 spiro atoms. The molecule has 0 fully saturated rings. The Morgan fingerprint density at radius 3 is 2.07 bits per heavy atom. The quantitative estimate of drug-likeness (QED) is 0.427. The first kappa shape index (κ1) is 13.8. The van der Waals surface area contributed by atoms with Gasteiger partial charge >= 0.3 is 18.3 Å². The number of ether oxygens (including phenoxy) is 1. The van der Waals surface area contributed by atoms with Gasteiger partial charge < -0.3 is 4.74 Å². The summed E-state index contributed by atoms with van der Waals surface area (Å²) in [5, 5.41) is 0. The number of halogens is 6. The lowest BCUT2D eigenvalue weighted by molar-refractivity contribution is -0.235. The first-order valence-corrected chi connectivity index (χ1v) is 3.51. The van der Waals surface area contributed by atoms with Gasteiger partial charge in [0.2, 0.25) is 0 Å². The molecule has 0 unspecified atom stereocenters. The van der Waals surface area contributed by atoms with Crippen LogP contribution in [0.15, 0.2) is 11.6 Å². The van der Waals surface area contributed by atoms with Crippen LogP contribution in [0.5, 0.6) is 0 Å². The molecule has 0 aromatic rings. The summed E-state index contributed by atoms with van der Waals surface area (Å²) in [6.45, 7) is -1.66. The van der Waals surface area contributed by atoms with E-state index in [0.29, 0.717) is 6.92 Å². The number of hydrogen-bond acceptors (Lipinski definition) is 2. The second-order valence-corrected chi connectivity index (χ2v) is 2.53. The second kappa shape index (κ2) is 4.54. The van der Waals surface area contributed by atoms with Crippen LogP contribution >= 0.6 is 0 Å². The van der Waals surface area contributed by atoms with Gasteiger partial charge in [-0.15, -0.1) is 0 Å². The average Bonchev–Trinajstić information content (AvgIpc) is 2.00. The van der Waals surface area contributed by atoms with Crippen molar-refractivity contribution in [3.63, 3.8) is 0 Å². The van der Waals surface area contributed by atoms with E-state index in [9.17, 15) is 31.1 Å². The van der Waals surface area contributed by atoms with Gasteiger partial charge in [0, 0.05) is 11.6 Å². The molecular weight excluding hydrogens is 230 g/mol. The van der Waals surface area contributed by atoms with Crippen LogP contribution in [-0.2, 0) is 9.53 Å². The lowest BCUT2D eigenvalue weighted by Gasteiger charge is -2.13. The Morgan fingerprint density at radius 1 is 1.27 bits per heavy atom. The fourth-order valence-corrected chi connectivity index (χ4v) is 0.548. The van der Waals surface area contributed by atoms with Crippen molar-refractivity contribution in [1.82, 2.24) is 0 Å². The lowest BCUT2D eigenvalue weighted by atomic mass is 10.3. The molecule has 0 atom stereocenters. The minimum atomic E-state index is -4.83. The highest BCUT2D eigenvalue weighted by Gasteiger charge is 2.35. The van der Waals surface area contributed by atoms with Crippen LogP contribution in [0.2, 0.25) is 0 Å². The van der Waals surface area contributed by atoms with E-state index < -0.39 is 36.6 Å². The third-order valence-corrected chi connectivity index (χ3v) is 1.10. The lowest BCUT2D eigenvalue weighted by Crippen LogP contribution is -2.28. The maximum Gasteiger partial charge on any atom is 0.429 e. The maximum absolute atomic E-state index is 12.1. The van der Waals surface area contributed by atoms with Gasteiger partial charge in [-0.3, -0.25) is 0 Å². The Hall–Kier alpha value is -1.21. The minimum Gasteiger partial charge on any atom is -0.395 e. The molecule has 0 aromatic heterocycles. The highest BCUT2D eigenvalue weighted by atomic mass is 19.4. The molecule has 0 N–H and O–H groups in total. The van der Waals surface area contributed by atoms with Crippen molar-refractivity contribution in [3.8, 4) is 0 Å². The number of alkyl halides is 6. The Balaban J connectivity index is 4.55. The van der Waals surface area contributed by atoms with Crippen LogP contribution in [-0.4, -0.2) is 24.9 Å². The molecule has 0 saturated carbocycles. The van der Waals surface area contributed by atoms with Crippen molar-refractivity contribution in [1.29, 1.82) is 0 Å². The molecule has 8 heteroatoms.